The number of sulfone groups is 1. The summed E-state index contributed by atoms with van der Waals surface area (Å²) in [4.78, 5) is 7.05. The van der Waals surface area contributed by atoms with Crippen molar-refractivity contribution in [3.05, 3.63) is 0 Å². The van der Waals surface area contributed by atoms with Gasteiger partial charge in [-0.1, -0.05) is 39.0 Å². The molecular weight excluding hydrogens is 489 g/mol. The van der Waals surface area contributed by atoms with E-state index in [9.17, 15) is 13.5 Å². The molecule has 28 heavy (non-hydrogen) atoms. The second-order valence-corrected chi connectivity index (χ2v) is 11.6. The largest absolute Gasteiger partial charge is 0.392 e. The molecule has 2 aliphatic carbocycles. The first-order valence-corrected chi connectivity index (χ1v) is 12.4. The van der Waals surface area contributed by atoms with Crippen LogP contribution >= 0.6 is 24.0 Å². The highest BCUT2D eigenvalue weighted by Gasteiger charge is 2.49. The predicted molar refractivity (Wildman–Crippen MR) is 125 cm³/mol. The summed E-state index contributed by atoms with van der Waals surface area (Å²) in [6, 6.07) is 0. The molecule has 1 heterocycles. The summed E-state index contributed by atoms with van der Waals surface area (Å²) < 4.78 is 25.1. The lowest BCUT2D eigenvalue weighted by molar-refractivity contribution is 0.00702. The fourth-order valence-electron chi connectivity index (χ4n) is 5.07. The Bertz CT molecular complexity index is 649. The monoisotopic (exact) mass is 527 g/mol. The van der Waals surface area contributed by atoms with Crippen LogP contribution in [0.15, 0.2) is 4.99 Å². The van der Waals surface area contributed by atoms with Crippen LogP contribution in [0.1, 0.15) is 71.6 Å². The average Bonchev–Trinajstić information content (AvgIpc) is 2.65. The molecule has 8 heteroatoms. The van der Waals surface area contributed by atoms with Gasteiger partial charge in [-0.25, -0.2) is 8.42 Å². The zero-order valence-corrected chi connectivity index (χ0v) is 20.6. The third kappa shape index (κ3) is 4.96. The van der Waals surface area contributed by atoms with Crippen LogP contribution in [0.2, 0.25) is 0 Å². The first-order chi connectivity index (χ1) is 12.8. The van der Waals surface area contributed by atoms with Crippen molar-refractivity contribution in [1.29, 1.82) is 0 Å². The van der Waals surface area contributed by atoms with E-state index >= 15 is 0 Å². The molecule has 0 aromatic rings. The van der Waals surface area contributed by atoms with E-state index in [2.05, 4.69) is 17.1 Å². The number of nitrogens with one attached hydrogen (secondary N) is 1. The minimum absolute atomic E-state index is 0. The number of hydrogen-bond acceptors (Lipinski definition) is 4. The molecule has 2 atom stereocenters. The van der Waals surface area contributed by atoms with Gasteiger partial charge in [0.05, 0.1) is 23.1 Å². The van der Waals surface area contributed by atoms with Crippen molar-refractivity contribution in [3.63, 3.8) is 0 Å². The van der Waals surface area contributed by atoms with E-state index in [-0.39, 0.29) is 41.2 Å². The average molecular weight is 528 g/mol. The fourth-order valence-corrected chi connectivity index (χ4v) is 7.22. The molecule has 2 N–H and O–H groups in total. The summed E-state index contributed by atoms with van der Waals surface area (Å²) in [5.74, 6) is 1.04. The molecule has 0 amide bonds. The first kappa shape index (κ1) is 24.2. The topological polar surface area (TPSA) is 82.0 Å². The van der Waals surface area contributed by atoms with E-state index in [1.54, 1.807) is 0 Å². The van der Waals surface area contributed by atoms with Gasteiger partial charge in [0, 0.05) is 25.0 Å². The Labute approximate surface area is 187 Å². The Balaban J connectivity index is 0.00000280. The number of guanidine groups is 1. The van der Waals surface area contributed by atoms with Crippen LogP contribution in [0.25, 0.3) is 0 Å². The minimum atomic E-state index is -3.05. The normalized spacial score (nSPS) is 32.6. The maximum absolute atomic E-state index is 12.9. The Morgan fingerprint density at radius 2 is 1.86 bits per heavy atom. The molecule has 0 aromatic carbocycles. The van der Waals surface area contributed by atoms with Crippen LogP contribution in [0.5, 0.6) is 0 Å². The summed E-state index contributed by atoms with van der Waals surface area (Å²) in [6.07, 6.45) is 8.49. The molecule has 3 aliphatic rings. The van der Waals surface area contributed by atoms with Gasteiger partial charge in [-0.3, -0.25) is 4.99 Å². The van der Waals surface area contributed by atoms with Crippen LogP contribution in [0.3, 0.4) is 0 Å². The lowest BCUT2D eigenvalue weighted by Gasteiger charge is -2.45. The van der Waals surface area contributed by atoms with Crippen LogP contribution < -0.4 is 5.32 Å². The van der Waals surface area contributed by atoms with Gasteiger partial charge >= 0.3 is 0 Å². The second kappa shape index (κ2) is 9.81. The minimum Gasteiger partial charge on any atom is -0.392 e. The van der Waals surface area contributed by atoms with Crippen LogP contribution in [-0.4, -0.2) is 67.2 Å². The lowest BCUT2D eigenvalue weighted by atomic mass is 9.73. The molecule has 3 rings (SSSR count). The predicted octanol–water partition coefficient (Wildman–Crippen LogP) is 2.94. The summed E-state index contributed by atoms with van der Waals surface area (Å²) in [5.41, 5.74) is -0.177. The van der Waals surface area contributed by atoms with Gasteiger partial charge in [-0.2, -0.15) is 0 Å². The molecule has 0 radical (unpaired) electrons. The number of rotatable bonds is 3. The van der Waals surface area contributed by atoms with Gasteiger partial charge in [-0.05, 0) is 32.6 Å². The third-order valence-electron chi connectivity index (χ3n) is 7.04. The number of halogens is 1. The van der Waals surface area contributed by atoms with Gasteiger partial charge < -0.3 is 15.3 Å². The molecule has 1 aliphatic heterocycles. The highest BCUT2D eigenvalue weighted by Crippen LogP contribution is 2.39. The van der Waals surface area contributed by atoms with E-state index in [0.29, 0.717) is 19.6 Å². The molecule has 2 saturated carbocycles. The maximum atomic E-state index is 12.9. The Hall–Kier alpha value is -0.0900. The zero-order valence-electron chi connectivity index (χ0n) is 17.5. The Morgan fingerprint density at radius 3 is 2.50 bits per heavy atom. The summed E-state index contributed by atoms with van der Waals surface area (Å²) >= 11 is 0. The van der Waals surface area contributed by atoms with Crippen LogP contribution in [0, 0.1) is 5.41 Å². The van der Waals surface area contributed by atoms with Gasteiger partial charge in [-0.15, -0.1) is 24.0 Å². The molecule has 6 nitrogen and oxygen atoms in total. The molecule has 3 fully saturated rings. The molecule has 0 bridgehead atoms. The van der Waals surface area contributed by atoms with E-state index in [4.69, 9.17) is 4.99 Å². The van der Waals surface area contributed by atoms with Crippen molar-refractivity contribution in [2.45, 2.75) is 82.5 Å². The van der Waals surface area contributed by atoms with Crippen LogP contribution in [0.4, 0.5) is 0 Å². The first-order valence-electron chi connectivity index (χ1n) is 10.8. The molecular formula is C20H38IN3O3S. The van der Waals surface area contributed by atoms with Crippen molar-refractivity contribution < 1.29 is 13.5 Å². The quantitative estimate of drug-likeness (QED) is 0.335. The summed E-state index contributed by atoms with van der Waals surface area (Å²) in [6.45, 7) is 6.59. The van der Waals surface area contributed by atoms with E-state index < -0.39 is 14.6 Å². The molecule has 2 unspecified atom stereocenters. The highest BCUT2D eigenvalue weighted by atomic mass is 127. The number of aliphatic hydroxyl groups is 1. The number of aliphatic imine (C=N–C) groups is 1. The van der Waals surface area contributed by atoms with Crippen LogP contribution in [-0.2, 0) is 9.84 Å². The number of hydrogen-bond donors (Lipinski definition) is 2. The second-order valence-electron chi connectivity index (χ2n) is 9.07. The van der Waals surface area contributed by atoms with E-state index in [1.807, 2.05) is 6.92 Å². The summed E-state index contributed by atoms with van der Waals surface area (Å²) in [5, 5.41) is 13.8. The van der Waals surface area contributed by atoms with E-state index in [1.165, 1.54) is 0 Å². The smallest absolute Gasteiger partial charge is 0.194 e. The fraction of sp³-hybridized carbons (Fsp3) is 0.950. The standard InChI is InChI=1S/C20H37N3O3S.HI/c1-3-21-18(22-15-19(2)10-8-5-9-17(19)24)23-13-14-27(25,26)20(16-23)11-6-4-7-12-20;/h17,24H,3-16H2,1-2H3,(H,21,22);1H. The van der Waals surface area contributed by atoms with Crippen molar-refractivity contribution in [2.75, 3.05) is 31.9 Å². The van der Waals surface area contributed by atoms with Gasteiger partial charge in [0.25, 0.3) is 0 Å². The maximum Gasteiger partial charge on any atom is 0.194 e. The zero-order chi connectivity index (χ0) is 19.5. The van der Waals surface area contributed by atoms with Crippen molar-refractivity contribution in [3.8, 4) is 0 Å². The van der Waals surface area contributed by atoms with Crippen molar-refractivity contribution >= 4 is 39.8 Å². The Kier molecular flexibility index (Phi) is 8.47. The molecule has 1 spiro atoms. The van der Waals surface area contributed by atoms with Gasteiger partial charge in [0.15, 0.2) is 15.8 Å². The lowest BCUT2D eigenvalue weighted by Crippen LogP contribution is -2.60. The molecule has 164 valence electrons. The van der Waals surface area contributed by atoms with Gasteiger partial charge in [0.1, 0.15) is 0 Å². The Morgan fingerprint density at radius 1 is 1.18 bits per heavy atom. The van der Waals surface area contributed by atoms with E-state index in [0.717, 1.165) is 70.3 Å². The number of aliphatic hydroxyl groups excluding tert-OH is 1. The SMILES string of the molecule is CCNC(=NCC1(C)CCCCC1O)N1CCS(=O)(=O)C2(CCCCC2)C1.I. The van der Waals surface area contributed by atoms with Crippen molar-refractivity contribution in [2.24, 2.45) is 10.4 Å². The summed E-state index contributed by atoms with van der Waals surface area (Å²) in [7, 11) is -3.05. The molecule has 0 aromatic heterocycles. The highest BCUT2D eigenvalue weighted by molar-refractivity contribution is 14.0. The third-order valence-corrected chi connectivity index (χ3v) is 9.61. The van der Waals surface area contributed by atoms with Crippen molar-refractivity contribution in [1.82, 2.24) is 10.2 Å². The number of nitrogens with zero attached hydrogens (tertiary/aromatic N) is 2. The van der Waals surface area contributed by atoms with Gasteiger partial charge in [0.2, 0.25) is 0 Å². The molecule has 1 saturated heterocycles.